The number of phenols is 2. The second kappa shape index (κ2) is 22.4. The first-order valence-electron chi connectivity index (χ1n) is 20.4. The monoisotopic (exact) mass is 1110 g/mol. The van der Waals surface area contributed by atoms with Gasteiger partial charge in [0, 0.05) is 62.4 Å². The standard InChI is InChI=1S/C19H16O7.C11H19NO4.C9H16N2O3.C3H6NO.Fm/c1-26-11-4-2-3-8-13(11)19(25)15-14(16(8)22)17(23)9-5-7(20)6-10(21)12(9)18(15)24;1-7-9-8(3-5-14-7)12-4-6-15-11(13-2)10(12)16-9;12-6-10-5-4-9(2-1-3-9)14-8-11-7-13;1-2-4-3-5;/h2-4,7,10,20-21,23-24H,5-6H2,1H3;7-11H,3-6H2,1-2H3;6-7H,1-5,8H2,(H,10,12)(H,11,13);2H2,1H3,(H,4,5);/q;;;-1;/t;7?,8?,9?,10-,11?;;;/m.1.../s1. The summed E-state index contributed by atoms with van der Waals surface area (Å²) in [6.45, 7) is 7.95. The van der Waals surface area contributed by atoms with Crippen molar-refractivity contribution in [3.63, 3.8) is 0 Å². The summed E-state index contributed by atoms with van der Waals surface area (Å²) in [6, 6.07) is 4.99. The quantitative estimate of drug-likeness (QED) is 0.0331. The average Bonchev–Trinajstić information content (AvgIpc) is 3.64. The molecule has 348 valence electrons. The Morgan fingerprint density at radius 1 is 1.00 bits per heavy atom. The second-order valence-electron chi connectivity index (χ2n) is 15.2. The summed E-state index contributed by atoms with van der Waals surface area (Å²) in [5.41, 5.74) is -0.648. The van der Waals surface area contributed by atoms with Gasteiger partial charge in [-0.2, -0.15) is 6.41 Å². The molecule has 20 heteroatoms. The number of carbonyl (C=O) groups is 4. The van der Waals surface area contributed by atoms with Gasteiger partial charge >= 0.3 is 0 Å². The van der Waals surface area contributed by atoms with E-state index < -0.39 is 35.3 Å². The third kappa shape index (κ3) is 10.3. The van der Waals surface area contributed by atoms with E-state index in [0.717, 1.165) is 51.9 Å². The van der Waals surface area contributed by atoms with Crippen LogP contribution >= 0.6 is 0 Å². The number of aliphatic hydroxyl groups excluding tert-OH is 2. The predicted octanol–water partition coefficient (Wildman–Crippen LogP) is 0.844. The Labute approximate surface area is 353 Å². The molecule has 6 aliphatic rings. The molecule has 0 spiro atoms. The maximum Gasteiger partial charge on any atom is 0.208 e. The third-order valence-corrected chi connectivity index (χ3v) is 11.7. The Morgan fingerprint density at radius 2 is 1.73 bits per heavy atom. The molecule has 6 unspecified atom stereocenters. The largest absolute Gasteiger partial charge is 0.530 e. The van der Waals surface area contributed by atoms with Crippen LogP contribution in [0.1, 0.15) is 101 Å². The summed E-state index contributed by atoms with van der Waals surface area (Å²) in [5.74, 6) is -2.14. The molecule has 0 radical (unpaired) electrons. The molecule has 3 heterocycles. The van der Waals surface area contributed by atoms with Crippen LogP contribution < -0.4 is 20.7 Å². The first kappa shape index (κ1) is 48.9. The maximum absolute atomic E-state index is 13.0. The molecule has 1 saturated carbocycles. The Hall–Kier alpha value is -5.73. The fourth-order valence-electron chi connectivity index (χ4n) is 8.56. The zero-order chi connectivity index (χ0) is 44.3. The minimum atomic E-state index is -1.26. The number of rotatable bonds is 12. The van der Waals surface area contributed by atoms with Crippen molar-refractivity contribution in [3.05, 3.63) is 51.6 Å². The van der Waals surface area contributed by atoms with Crippen LogP contribution in [0.15, 0.2) is 18.2 Å². The van der Waals surface area contributed by atoms with E-state index in [-0.39, 0.29) is 89.0 Å². The van der Waals surface area contributed by atoms with Gasteiger partial charge in [0.25, 0.3) is 0 Å². The molecule has 3 aliphatic heterocycles. The van der Waals surface area contributed by atoms with Crippen LogP contribution in [-0.4, -0.2) is 152 Å². The zero-order valence-corrected chi connectivity index (χ0v) is 37.5. The molecule has 3 aliphatic carbocycles. The number of ether oxygens (including phenoxy) is 6. The van der Waals surface area contributed by atoms with Gasteiger partial charge in [-0.1, -0.05) is 19.1 Å². The Balaban J connectivity index is 0.000000203. The first-order chi connectivity index (χ1) is 29.4. The number of phenolic OH excluding ortho intramolecular Hbond substituents is 2. The number of morpholine rings is 1. The minimum absolute atomic E-state index is 0. The van der Waals surface area contributed by atoms with E-state index in [2.05, 4.69) is 27.8 Å². The molecule has 8 rings (SSSR count). The molecule has 0 bridgehead atoms. The van der Waals surface area contributed by atoms with Crippen molar-refractivity contribution in [1.82, 2.24) is 20.9 Å². The van der Waals surface area contributed by atoms with Crippen LogP contribution in [-0.2, 0) is 44.5 Å². The summed E-state index contributed by atoms with van der Waals surface area (Å²) >= 11 is 0. The van der Waals surface area contributed by atoms with Gasteiger partial charge in [-0.3, -0.25) is 24.1 Å². The summed E-state index contributed by atoms with van der Waals surface area (Å²) in [4.78, 5) is 57.6. The van der Waals surface area contributed by atoms with Gasteiger partial charge in [0.05, 0.1) is 54.3 Å². The molecule has 19 nitrogen and oxygen atoms in total. The van der Waals surface area contributed by atoms with Gasteiger partial charge < -0.3 is 69.6 Å². The molecule has 3 amide bonds. The van der Waals surface area contributed by atoms with Crippen molar-refractivity contribution in [1.29, 1.82) is 0 Å². The fraction of sp³-hybridized carbons (Fsp3) is 0.595. The SMILES string of the molecule is CCN[C-]=O.COC1OCCN2C3CCOC(C)C3O[C@H]12.COc1cccc2c1C(=O)c1c(O)c3c(c(O)c1C2=O)CC(O)CC3O.O=CNCCC1(OCNC=O)CCC1.[Fm]. The molecule has 7 N–H and O–H groups in total. The number of methoxy groups -OCH3 is 2. The van der Waals surface area contributed by atoms with E-state index in [0.29, 0.717) is 32.0 Å². The molecule has 2 aromatic rings. The van der Waals surface area contributed by atoms with Crippen LogP contribution in [0.25, 0.3) is 0 Å². The third-order valence-electron chi connectivity index (χ3n) is 11.7. The van der Waals surface area contributed by atoms with E-state index in [9.17, 15) is 39.6 Å². The number of carbonyl (C=O) groups excluding carboxylic acids is 5. The van der Waals surface area contributed by atoms with Gasteiger partial charge in [0.15, 0.2) is 18.3 Å². The summed E-state index contributed by atoms with van der Waals surface area (Å²) in [6.07, 6.45) is 5.61. The smallest absolute Gasteiger partial charge is 0.208 e. The van der Waals surface area contributed by atoms with Crippen molar-refractivity contribution < 1.29 is 72.8 Å². The van der Waals surface area contributed by atoms with E-state index in [1.807, 2.05) is 6.92 Å². The zero-order valence-electron chi connectivity index (χ0n) is 35.1. The number of aliphatic hydroxyl groups is 2. The summed E-state index contributed by atoms with van der Waals surface area (Å²) in [7, 11) is 3.03. The predicted molar refractivity (Wildman–Crippen MR) is 215 cm³/mol. The number of nitrogens with zero attached hydrogens (tertiary/aromatic N) is 1. The normalized spacial score (nSPS) is 26.0. The Kier molecular flexibility index (Phi) is 17.7. The molecule has 3 saturated heterocycles. The van der Waals surface area contributed by atoms with E-state index in [1.54, 1.807) is 13.2 Å². The molecule has 4 fully saturated rings. The molecule has 0 aromatic heterocycles. The number of amides is 3. The van der Waals surface area contributed by atoms with Crippen LogP contribution in [0.5, 0.6) is 17.2 Å². The first-order valence-corrected chi connectivity index (χ1v) is 20.4. The van der Waals surface area contributed by atoms with Crippen molar-refractivity contribution >= 4 is 30.8 Å². The van der Waals surface area contributed by atoms with Crippen molar-refractivity contribution in [3.8, 4) is 17.2 Å². The van der Waals surface area contributed by atoms with Gasteiger partial charge in [0.1, 0.15) is 30.1 Å². The van der Waals surface area contributed by atoms with Gasteiger partial charge in [-0.25, -0.2) is 0 Å². The maximum atomic E-state index is 13.0. The van der Waals surface area contributed by atoms with Crippen LogP contribution in [0.2, 0.25) is 0 Å². The Morgan fingerprint density at radius 3 is 2.34 bits per heavy atom. The number of benzene rings is 2. The molecular formula is C42H57FmN4O15-. The van der Waals surface area contributed by atoms with Crippen molar-refractivity contribution in [2.45, 2.75) is 107 Å². The number of hydrogen-bond acceptors (Lipinski definition) is 16. The number of aromatic hydroxyl groups is 2. The average molecular weight is 1110 g/mol. The van der Waals surface area contributed by atoms with Gasteiger partial charge in [-0.15, -0.1) is 0 Å². The number of hydrogen-bond donors (Lipinski definition) is 7. The van der Waals surface area contributed by atoms with Crippen LogP contribution in [0.4, 0.5) is 0 Å². The second-order valence-corrected chi connectivity index (χ2v) is 15.2. The van der Waals surface area contributed by atoms with Gasteiger partial charge in [-0.05, 0) is 51.6 Å². The number of nitrogens with one attached hydrogen (secondary N) is 3. The van der Waals surface area contributed by atoms with E-state index >= 15 is 0 Å². The fourth-order valence-corrected chi connectivity index (χ4v) is 8.56. The topological polar surface area (TPSA) is 261 Å². The Bertz CT molecular complexity index is 1850. The minimum Gasteiger partial charge on any atom is -0.530 e. The molecular weight excluding hydrogens is 1060 g/mol. The van der Waals surface area contributed by atoms with E-state index in [4.69, 9.17) is 33.2 Å². The molecule has 2 aromatic carbocycles. The summed E-state index contributed by atoms with van der Waals surface area (Å²) < 4.78 is 33.3. The number of fused-ring (bicyclic) bond motifs is 6. The van der Waals surface area contributed by atoms with Crippen molar-refractivity contribution in [2.24, 2.45) is 0 Å². The molecule has 7 atom stereocenters. The summed E-state index contributed by atoms with van der Waals surface area (Å²) in [5, 5.41) is 48.8. The van der Waals surface area contributed by atoms with E-state index in [1.165, 1.54) is 25.7 Å². The van der Waals surface area contributed by atoms with Crippen LogP contribution in [0.3, 0.4) is 0 Å². The van der Waals surface area contributed by atoms with Crippen molar-refractivity contribution in [2.75, 3.05) is 53.8 Å². The number of ketones is 2. The van der Waals surface area contributed by atoms with Crippen LogP contribution in [0, 0.1) is 0 Å². The van der Waals surface area contributed by atoms with Gasteiger partial charge in [0.2, 0.25) is 18.6 Å². The molecule has 62 heavy (non-hydrogen) atoms.